The maximum atomic E-state index is 13.1. The average molecular weight is 198 g/mol. The largest absolute Gasteiger partial charge is 0.476 e. The van der Waals surface area contributed by atoms with Gasteiger partial charge in [0.05, 0.1) is 0 Å². The summed E-state index contributed by atoms with van der Waals surface area (Å²) in [6.07, 6.45) is 1.94. The molecule has 0 bridgehead atoms. The molecule has 4 nitrogen and oxygen atoms in total. The van der Waals surface area contributed by atoms with Gasteiger partial charge in [0, 0.05) is 12.2 Å². The maximum absolute atomic E-state index is 13.1. The summed E-state index contributed by atoms with van der Waals surface area (Å²) in [4.78, 5) is 13.9. The van der Waals surface area contributed by atoms with E-state index >= 15 is 0 Å². The van der Waals surface area contributed by atoms with E-state index in [-0.39, 0.29) is 6.04 Å². The first-order chi connectivity index (χ1) is 6.56. The van der Waals surface area contributed by atoms with Gasteiger partial charge in [-0.25, -0.2) is 14.2 Å². The van der Waals surface area contributed by atoms with Crippen LogP contribution in [0.25, 0.3) is 0 Å². The molecule has 1 heterocycles. The second-order valence-electron chi connectivity index (χ2n) is 2.92. The van der Waals surface area contributed by atoms with Crippen molar-refractivity contribution in [1.82, 2.24) is 4.98 Å². The van der Waals surface area contributed by atoms with Crippen molar-refractivity contribution in [3.63, 3.8) is 0 Å². The fraction of sp³-hybridized carbons (Fsp3) is 0.333. The van der Waals surface area contributed by atoms with Gasteiger partial charge in [-0.3, -0.25) is 0 Å². The molecule has 0 saturated carbocycles. The third-order valence-electron chi connectivity index (χ3n) is 1.93. The van der Waals surface area contributed by atoms with Crippen molar-refractivity contribution in [3.05, 3.63) is 29.3 Å². The van der Waals surface area contributed by atoms with Gasteiger partial charge in [0.1, 0.15) is 0 Å². The van der Waals surface area contributed by atoms with Gasteiger partial charge in [-0.1, -0.05) is 6.92 Å². The van der Waals surface area contributed by atoms with Crippen molar-refractivity contribution in [1.29, 1.82) is 0 Å². The molecule has 0 aromatic carbocycles. The number of hydrogen-bond acceptors (Lipinski definition) is 3. The number of aromatic nitrogens is 1. The van der Waals surface area contributed by atoms with Crippen LogP contribution < -0.4 is 5.73 Å². The molecule has 0 saturated heterocycles. The van der Waals surface area contributed by atoms with E-state index in [4.69, 9.17) is 10.8 Å². The Balaban J connectivity index is 3.06. The molecule has 0 fully saturated rings. The number of nitrogens with two attached hydrogens (primary N) is 1. The molecule has 0 aliphatic heterocycles. The molecule has 3 N–H and O–H groups in total. The highest BCUT2D eigenvalue weighted by Gasteiger charge is 2.14. The van der Waals surface area contributed by atoms with E-state index in [2.05, 4.69) is 4.98 Å². The predicted octanol–water partition coefficient (Wildman–Crippen LogP) is 1.33. The van der Waals surface area contributed by atoms with Gasteiger partial charge in [-0.15, -0.1) is 0 Å². The van der Waals surface area contributed by atoms with Crippen LogP contribution >= 0.6 is 0 Å². The summed E-state index contributed by atoms with van der Waals surface area (Å²) in [7, 11) is 0. The Hall–Kier alpha value is -1.49. The summed E-state index contributed by atoms with van der Waals surface area (Å²) in [5.74, 6) is -2.22. The van der Waals surface area contributed by atoms with Gasteiger partial charge in [0.25, 0.3) is 0 Å². The zero-order valence-electron chi connectivity index (χ0n) is 7.70. The summed E-state index contributed by atoms with van der Waals surface area (Å²) in [6.45, 7) is 1.85. The van der Waals surface area contributed by atoms with E-state index < -0.39 is 17.5 Å². The minimum atomic E-state index is -1.38. The van der Waals surface area contributed by atoms with Crippen LogP contribution in [0.4, 0.5) is 4.39 Å². The zero-order chi connectivity index (χ0) is 10.7. The lowest BCUT2D eigenvalue weighted by Crippen LogP contribution is -2.12. The van der Waals surface area contributed by atoms with Crippen molar-refractivity contribution in [2.45, 2.75) is 19.4 Å². The fourth-order valence-electron chi connectivity index (χ4n) is 1.05. The summed E-state index contributed by atoms with van der Waals surface area (Å²) in [5, 5.41) is 8.52. The zero-order valence-corrected chi connectivity index (χ0v) is 7.70. The van der Waals surface area contributed by atoms with Crippen molar-refractivity contribution in [2.24, 2.45) is 5.73 Å². The summed E-state index contributed by atoms with van der Waals surface area (Å²) < 4.78 is 13.1. The summed E-state index contributed by atoms with van der Waals surface area (Å²) in [5.41, 5.74) is 5.57. The Labute approximate surface area is 80.6 Å². The third kappa shape index (κ3) is 2.05. The first kappa shape index (κ1) is 10.6. The molecule has 0 unspecified atom stereocenters. The Kier molecular flexibility index (Phi) is 3.14. The van der Waals surface area contributed by atoms with Crippen LogP contribution in [0.2, 0.25) is 0 Å². The van der Waals surface area contributed by atoms with Crippen molar-refractivity contribution in [3.8, 4) is 0 Å². The van der Waals surface area contributed by atoms with E-state index in [1.54, 1.807) is 0 Å². The Bertz CT molecular complexity index is 355. The number of nitrogens with zero attached hydrogens (tertiary/aromatic N) is 1. The first-order valence-corrected chi connectivity index (χ1v) is 4.20. The molecule has 0 radical (unpaired) electrons. The third-order valence-corrected chi connectivity index (χ3v) is 1.93. The SMILES string of the molecule is CC[C@H](N)c1cnc(C(=O)O)c(F)c1. The molecule has 14 heavy (non-hydrogen) atoms. The smallest absolute Gasteiger partial charge is 0.357 e. The molecular formula is C9H11FN2O2. The van der Waals surface area contributed by atoms with Gasteiger partial charge in [-0.2, -0.15) is 0 Å². The van der Waals surface area contributed by atoms with Crippen molar-refractivity contribution in [2.75, 3.05) is 0 Å². The molecular weight excluding hydrogens is 187 g/mol. The first-order valence-electron chi connectivity index (χ1n) is 4.20. The Morgan fingerprint density at radius 2 is 2.43 bits per heavy atom. The van der Waals surface area contributed by atoms with Crippen LogP contribution in [-0.4, -0.2) is 16.1 Å². The topological polar surface area (TPSA) is 76.2 Å². The van der Waals surface area contributed by atoms with E-state index in [1.165, 1.54) is 6.20 Å². The van der Waals surface area contributed by atoms with Gasteiger partial charge < -0.3 is 10.8 Å². The fourth-order valence-corrected chi connectivity index (χ4v) is 1.05. The highest BCUT2D eigenvalue weighted by molar-refractivity contribution is 5.85. The van der Waals surface area contributed by atoms with Crippen LogP contribution in [-0.2, 0) is 0 Å². The number of aromatic carboxylic acids is 1. The van der Waals surface area contributed by atoms with Gasteiger partial charge in [0.15, 0.2) is 11.5 Å². The van der Waals surface area contributed by atoms with Crippen LogP contribution in [0.3, 0.4) is 0 Å². The van der Waals surface area contributed by atoms with E-state index in [0.29, 0.717) is 12.0 Å². The van der Waals surface area contributed by atoms with Crippen molar-refractivity contribution < 1.29 is 14.3 Å². The molecule has 0 amide bonds. The monoisotopic (exact) mass is 198 g/mol. The molecule has 1 aromatic rings. The van der Waals surface area contributed by atoms with E-state index in [0.717, 1.165) is 6.07 Å². The number of carboxylic acids is 1. The predicted molar refractivity (Wildman–Crippen MR) is 48.4 cm³/mol. The number of halogens is 1. The van der Waals surface area contributed by atoms with Crippen LogP contribution in [0.15, 0.2) is 12.3 Å². The van der Waals surface area contributed by atoms with Gasteiger partial charge in [0.2, 0.25) is 0 Å². The Morgan fingerprint density at radius 3 is 2.86 bits per heavy atom. The summed E-state index contributed by atoms with van der Waals surface area (Å²) in [6, 6.07) is 0.810. The molecule has 5 heteroatoms. The lowest BCUT2D eigenvalue weighted by molar-refractivity contribution is 0.0685. The second-order valence-corrected chi connectivity index (χ2v) is 2.92. The van der Waals surface area contributed by atoms with E-state index in [1.807, 2.05) is 6.92 Å². The molecule has 1 aromatic heterocycles. The lowest BCUT2D eigenvalue weighted by Gasteiger charge is -2.08. The Morgan fingerprint density at radius 1 is 1.79 bits per heavy atom. The maximum Gasteiger partial charge on any atom is 0.357 e. The molecule has 1 atom stereocenters. The van der Waals surface area contributed by atoms with Crippen molar-refractivity contribution >= 4 is 5.97 Å². The second kappa shape index (κ2) is 4.15. The minimum Gasteiger partial charge on any atom is -0.476 e. The molecule has 0 aliphatic rings. The highest BCUT2D eigenvalue weighted by atomic mass is 19.1. The molecule has 0 aliphatic carbocycles. The van der Waals surface area contributed by atoms with Crippen LogP contribution in [0.1, 0.15) is 35.4 Å². The van der Waals surface area contributed by atoms with Gasteiger partial charge in [-0.05, 0) is 18.1 Å². The quantitative estimate of drug-likeness (QED) is 0.768. The van der Waals surface area contributed by atoms with Crippen LogP contribution in [0, 0.1) is 5.82 Å². The van der Waals surface area contributed by atoms with Crippen LogP contribution in [0.5, 0.6) is 0 Å². The molecule has 76 valence electrons. The molecule has 1 rings (SSSR count). The molecule has 0 spiro atoms. The number of hydrogen-bond donors (Lipinski definition) is 2. The number of carbonyl (C=O) groups is 1. The number of pyridine rings is 1. The normalized spacial score (nSPS) is 12.5. The summed E-state index contributed by atoms with van der Waals surface area (Å²) >= 11 is 0. The highest BCUT2D eigenvalue weighted by Crippen LogP contribution is 2.15. The lowest BCUT2D eigenvalue weighted by atomic mass is 10.1. The number of carboxylic acid groups (broad SMARTS) is 1. The standard InChI is InChI=1S/C9H11FN2O2/c1-2-7(11)5-3-6(10)8(9(13)14)12-4-5/h3-4,7H,2,11H2,1H3,(H,13,14)/t7-/m0/s1. The minimum absolute atomic E-state index is 0.306. The van der Waals surface area contributed by atoms with Gasteiger partial charge >= 0.3 is 5.97 Å². The van der Waals surface area contributed by atoms with E-state index in [9.17, 15) is 9.18 Å². The number of rotatable bonds is 3. The average Bonchev–Trinajstić information content (AvgIpc) is 2.15.